The van der Waals surface area contributed by atoms with E-state index < -0.39 is 51.4 Å². The fraction of sp³-hybridized carbons (Fsp3) is 0.500. The highest BCUT2D eigenvalue weighted by Crippen LogP contribution is 2.26. The maximum Gasteiger partial charge on any atom is 0.371 e. The zero-order chi connectivity index (χ0) is 17.3. The molecule has 0 spiro atoms. The van der Waals surface area contributed by atoms with Crippen molar-refractivity contribution >= 4 is 37.1 Å². The van der Waals surface area contributed by atoms with Crippen LogP contribution < -0.4 is 5.73 Å². The maximum absolute atomic E-state index is 13.2. The number of rotatable bonds is 5. The summed E-state index contributed by atoms with van der Waals surface area (Å²) in [4.78, 5) is 0. The SMILES string of the molecule is CC(C)(C)S(=O)(=O)CC(N)=NOS(=O)(=O)c1sc(F)cc1F. The summed E-state index contributed by atoms with van der Waals surface area (Å²) in [5, 5.41) is 1.90. The number of hydrogen-bond donors (Lipinski definition) is 1. The average Bonchev–Trinajstić information content (AvgIpc) is 2.65. The molecule has 0 radical (unpaired) electrons. The molecule has 126 valence electrons. The molecule has 0 amide bonds. The summed E-state index contributed by atoms with van der Waals surface area (Å²) in [7, 11) is -8.41. The zero-order valence-corrected chi connectivity index (χ0v) is 14.3. The van der Waals surface area contributed by atoms with Crippen LogP contribution in [-0.2, 0) is 24.2 Å². The molecule has 0 unspecified atom stereocenters. The van der Waals surface area contributed by atoms with Crippen molar-refractivity contribution in [3.8, 4) is 0 Å². The highest BCUT2D eigenvalue weighted by Gasteiger charge is 2.30. The fourth-order valence-electron chi connectivity index (χ4n) is 1.06. The van der Waals surface area contributed by atoms with Crippen molar-refractivity contribution in [2.24, 2.45) is 10.9 Å². The van der Waals surface area contributed by atoms with E-state index in [-0.39, 0.29) is 11.3 Å². The monoisotopic (exact) mass is 376 g/mol. The molecule has 0 fully saturated rings. The van der Waals surface area contributed by atoms with Gasteiger partial charge < -0.3 is 5.73 Å². The number of amidine groups is 1. The first-order valence-electron chi connectivity index (χ1n) is 5.69. The zero-order valence-electron chi connectivity index (χ0n) is 11.8. The Morgan fingerprint density at radius 2 is 1.86 bits per heavy atom. The van der Waals surface area contributed by atoms with Crippen molar-refractivity contribution < 1.29 is 29.9 Å². The standard InChI is InChI=1S/C10H14F2N2O5S3/c1-10(2,3)21(15,16)5-8(13)14-19-22(17,18)9-6(11)4-7(12)20-9/h4H,5H2,1-3H3,(H2,13,14). The van der Waals surface area contributed by atoms with Gasteiger partial charge in [-0.25, -0.2) is 12.8 Å². The Morgan fingerprint density at radius 3 is 2.27 bits per heavy atom. The Hall–Kier alpha value is -1.27. The lowest BCUT2D eigenvalue weighted by Gasteiger charge is -2.18. The van der Waals surface area contributed by atoms with E-state index in [0.29, 0.717) is 6.07 Å². The summed E-state index contributed by atoms with van der Waals surface area (Å²) in [5.74, 6) is -2.71. The average molecular weight is 376 g/mol. The van der Waals surface area contributed by atoms with Gasteiger partial charge in [-0.15, -0.1) is 0 Å². The number of hydrogen-bond acceptors (Lipinski definition) is 7. The van der Waals surface area contributed by atoms with Crippen LogP contribution in [0, 0.1) is 10.9 Å². The van der Waals surface area contributed by atoms with Crippen LogP contribution in [0.1, 0.15) is 20.8 Å². The fourth-order valence-corrected chi connectivity index (χ4v) is 3.73. The molecule has 0 bridgehead atoms. The minimum atomic E-state index is -4.72. The van der Waals surface area contributed by atoms with Crippen LogP contribution >= 0.6 is 11.3 Å². The topological polar surface area (TPSA) is 116 Å². The van der Waals surface area contributed by atoms with Gasteiger partial charge in [0.05, 0.1) is 4.75 Å². The third-order valence-corrected chi connectivity index (χ3v) is 7.39. The van der Waals surface area contributed by atoms with E-state index >= 15 is 0 Å². The van der Waals surface area contributed by atoms with Crippen LogP contribution in [-0.4, -0.2) is 33.2 Å². The van der Waals surface area contributed by atoms with Gasteiger partial charge in [-0.05, 0) is 20.8 Å². The number of sulfone groups is 1. The Balaban J connectivity index is 2.95. The lowest BCUT2D eigenvalue weighted by Crippen LogP contribution is -2.36. The Bertz CT molecular complexity index is 791. The van der Waals surface area contributed by atoms with Crippen LogP contribution in [0.5, 0.6) is 0 Å². The summed E-state index contributed by atoms with van der Waals surface area (Å²) in [6.45, 7) is 4.28. The molecule has 0 aliphatic heterocycles. The van der Waals surface area contributed by atoms with E-state index in [1.165, 1.54) is 20.8 Å². The number of oxime groups is 1. The molecule has 0 aromatic carbocycles. The van der Waals surface area contributed by atoms with Crippen molar-refractivity contribution in [1.29, 1.82) is 0 Å². The van der Waals surface area contributed by atoms with E-state index in [4.69, 9.17) is 5.73 Å². The molecular formula is C10H14F2N2O5S3. The van der Waals surface area contributed by atoms with Crippen molar-refractivity contribution in [3.05, 3.63) is 17.0 Å². The van der Waals surface area contributed by atoms with Gasteiger partial charge in [-0.3, -0.25) is 4.28 Å². The van der Waals surface area contributed by atoms with E-state index in [0.717, 1.165) is 0 Å². The minimum absolute atomic E-state index is 0.00742. The smallest absolute Gasteiger partial charge is 0.371 e. The summed E-state index contributed by atoms with van der Waals surface area (Å²) in [5.41, 5.74) is 5.30. The number of halogens is 2. The number of nitrogens with two attached hydrogens (primary N) is 1. The van der Waals surface area contributed by atoms with Gasteiger partial charge in [0, 0.05) is 6.07 Å². The Kier molecular flexibility index (Phi) is 5.19. The van der Waals surface area contributed by atoms with Crippen LogP contribution in [0.4, 0.5) is 8.78 Å². The molecule has 0 aliphatic carbocycles. The lowest BCUT2D eigenvalue weighted by atomic mass is 10.3. The third-order valence-electron chi connectivity index (χ3n) is 2.38. The molecule has 2 N–H and O–H groups in total. The van der Waals surface area contributed by atoms with Crippen molar-refractivity contribution in [1.82, 2.24) is 0 Å². The normalized spacial score (nSPS) is 14.1. The van der Waals surface area contributed by atoms with Gasteiger partial charge in [0.2, 0.25) is 0 Å². The molecule has 0 saturated carbocycles. The third kappa shape index (κ3) is 4.36. The first kappa shape index (κ1) is 18.8. The van der Waals surface area contributed by atoms with Crippen LogP contribution in [0.15, 0.2) is 15.4 Å². The summed E-state index contributed by atoms with van der Waals surface area (Å²) >= 11 is 0.00742. The molecule has 0 aliphatic rings. The molecule has 1 aromatic heterocycles. The van der Waals surface area contributed by atoms with E-state index in [9.17, 15) is 25.6 Å². The number of nitrogens with zero attached hydrogens (tertiary/aromatic N) is 1. The summed E-state index contributed by atoms with van der Waals surface area (Å²) in [6, 6.07) is 0.373. The highest BCUT2D eigenvalue weighted by molar-refractivity contribution is 7.93. The van der Waals surface area contributed by atoms with E-state index in [1.807, 2.05) is 0 Å². The van der Waals surface area contributed by atoms with Crippen LogP contribution in [0.25, 0.3) is 0 Å². The first-order chi connectivity index (χ1) is 9.76. The van der Waals surface area contributed by atoms with E-state index in [2.05, 4.69) is 9.44 Å². The van der Waals surface area contributed by atoms with E-state index in [1.54, 1.807) is 0 Å². The largest absolute Gasteiger partial charge is 0.384 e. The predicted octanol–water partition coefficient (Wildman–Crippen LogP) is 1.22. The molecule has 22 heavy (non-hydrogen) atoms. The molecular weight excluding hydrogens is 362 g/mol. The second-order valence-corrected chi connectivity index (χ2v) is 10.6. The predicted molar refractivity (Wildman–Crippen MR) is 77.7 cm³/mol. The first-order valence-corrected chi connectivity index (χ1v) is 9.57. The quantitative estimate of drug-likeness (QED) is 0.469. The van der Waals surface area contributed by atoms with Gasteiger partial charge in [0.25, 0.3) is 0 Å². The number of thiophene rings is 1. The van der Waals surface area contributed by atoms with Gasteiger partial charge in [-0.1, -0.05) is 16.5 Å². The van der Waals surface area contributed by atoms with Gasteiger partial charge >= 0.3 is 10.1 Å². The molecule has 1 aromatic rings. The molecule has 1 heterocycles. The summed E-state index contributed by atoms with van der Waals surface area (Å²) < 4.78 is 74.8. The van der Waals surface area contributed by atoms with Gasteiger partial charge in [0.1, 0.15) is 5.75 Å². The highest BCUT2D eigenvalue weighted by atomic mass is 32.3. The Labute approximate surface area is 130 Å². The molecule has 1 rings (SSSR count). The van der Waals surface area contributed by atoms with Gasteiger partial charge in [0.15, 0.2) is 30.8 Å². The molecule has 12 heteroatoms. The minimum Gasteiger partial charge on any atom is -0.384 e. The second kappa shape index (κ2) is 6.08. The molecule has 7 nitrogen and oxygen atoms in total. The van der Waals surface area contributed by atoms with Crippen molar-refractivity contribution in [2.75, 3.05) is 5.75 Å². The lowest BCUT2D eigenvalue weighted by molar-refractivity contribution is 0.337. The van der Waals surface area contributed by atoms with Crippen LogP contribution in [0.3, 0.4) is 0 Å². The molecule has 0 saturated heterocycles. The Morgan fingerprint density at radius 1 is 1.32 bits per heavy atom. The van der Waals surface area contributed by atoms with Gasteiger partial charge in [-0.2, -0.15) is 12.8 Å². The maximum atomic E-state index is 13.2. The summed E-state index contributed by atoms with van der Waals surface area (Å²) in [6.07, 6.45) is 0. The van der Waals surface area contributed by atoms with Crippen molar-refractivity contribution in [2.45, 2.75) is 29.7 Å². The molecule has 0 atom stereocenters. The van der Waals surface area contributed by atoms with Crippen LogP contribution in [0.2, 0.25) is 0 Å². The van der Waals surface area contributed by atoms with Crippen molar-refractivity contribution in [3.63, 3.8) is 0 Å². The second-order valence-electron chi connectivity index (χ2n) is 5.17.